The summed E-state index contributed by atoms with van der Waals surface area (Å²) in [5.74, 6) is 0. The van der Waals surface area contributed by atoms with Crippen LogP contribution in [0.25, 0.3) is 0 Å². The first-order valence-corrected chi connectivity index (χ1v) is 16.6. The van der Waals surface area contributed by atoms with E-state index < -0.39 is 0 Å². The standard InChI is InChI=1S/C35H67N3O3/c1-30(2)18-25(19-31(3,4)36(30)13)39-24-16-28(40-26-20-32(5,6)37(14)33(7,8)21-26)29(17-24)41-27-22-34(9,10)38(15)35(11,12)23-27/h24-29H,16-23H2,1-15H3. The fourth-order valence-electron chi connectivity index (χ4n) is 9.21. The van der Waals surface area contributed by atoms with E-state index in [4.69, 9.17) is 14.2 Å². The predicted molar refractivity (Wildman–Crippen MR) is 171 cm³/mol. The molecule has 240 valence electrons. The van der Waals surface area contributed by atoms with Crippen molar-refractivity contribution in [1.29, 1.82) is 0 Å². The third kappa shape index (κ3) is 7.04. The molecular formula is C35H67N3O3. The van der Waals surface area contributed by atoms with Crippen molar-refractivity contribution in [2.24, 2.45) is 0 Å². The zero-order chi connectivity index (χ0) is 31.0. The van der Waals surface area contributed by atoms with Crippen LogP contribution in [0.15, 0.2) is 0 Å². The van der Waals surface area contributed by atoms with E-state index >= 15 is 0 Å². The van der Waals surface area contributed by atoms with Crippen molar-refractivity contribution < 1.29 is 14.2 Å². The predicted octanol–water partition coefficient (Wildman–Crippen LogP) is 6.89. The Morgan fingerprint density at radius 3 is 0.829 bits per heavy atom. The van der Waals surface area contributed by atoms with Gasteiger partial charge in [0.1, 0.15) is 0 Å². The normalized spacial score (nSPS) is 36.5. The summed E-state index contributed by atoms with van der Waals surface area (Å²) < 4.78 is 21.2. The minimum absolute atomic E-state index is 0.0816. The van der Waals surface area contributed by atoms with Gasteiger partial charge in [-0.05, 0) is 143 Å². The first kappa shape index (κ1) is 33.6. The van der Waals surface area contributed by atoms with E-state index in [9.17, 15) is 0 Å². The first-order chi connectivity index (χ1) is 18.5. The van der Waals surface area contributed by atoms with Crippen LogP contribution in [0.1, 0.15) is 134 Å². The van der Waals surface area contributed by atoms with Crippen LogP contribution >= 0.6 is 0 Å². The van der Waals surface area contributed by atoms with Gasteiger partial charge in [0.05, 0.1) is 36.6 Å². The molecule has 41 heavy (non-hydrogen) atoms. The molecule has 4 aliphatic rings. The quantitative estimate of drug-likeness (QED) is 0.342. The lowest BCUT2D eigenvalue weighted by molar-refractivity contribution is -0.168. The van der Waals surface area contributed by atoms with Gasteiger partial charge in [0.2, 0.25) is 0 Å². The van der Waals surface area contributed by atoms with Gasteiger partial charge in [-0.15, -0.1) is 0 Å². The number of likely N-dealkylation sites (tertiary alicyclic amines) is 3. The molecule has 0 aromatic rings. The molecule has 1 saturated carbocycles. The van der Waals surface area contributed by atoms with E-state index in [0.29, 0.717) is 0 Å². The Balaban J connectivity index is 1.51. The molecule has 1 aliphatic carbocycles. The Kier molecular flexibility index (Phi) is 9.01. The van der Waals surface area contributed by atoms with Crippen molar-refractivity contribution in [2.45, 2.75) is 204 Å². The number of nitrogens with zero attached hydrogens (tertiary/aromatic N) is 3. The maximum atomic E-state index is 7.12. The minimum atomic E-state index is 0.0816. The van der Waals surface area contributed by atoms with Crippen LogP contribution < -0.4 is 0 Å². The van der Waals surface area contributed by atoms with Crippen molar-refractivity contribution in [3.8, 4) is 0 Å². The van der Waals surface area contributed by atoms with E-state index in [0.717, 1.165) is 51.4 Å². The number of piperidine rings is 3. The summed E-state index contributed by atoms with van der Waals surface area (Å²) in [4.78, 5) is 7.63. The molecule has 0 aromatic carbocycles. The largest absolute Gasteiger partial charge is 0.375 e. The minimum Gasteiger partial charge on any atom is -0.375 e. The summed E-state index contributed by atoms with van der Waals surface area (Å²) in [6, 6.07) is 0. The molecular weight excluding hydrogens is 510 g/mol. The summed E-state index contributed by atoms with van der Waals surface area (Å²) in [6.07, 6.45) is 9.28. The van der Waals surface area contributed by atoms with Crippen LogP contribution in [0.2, 0.25) is 0 Å². The number of hydrogen-bond donors (Lipinski definition) is 0. The van der Waals surface area contributed by atoms with Crippen LogP contribution in [0, 0.1) is 0 Å². The van der Waals surface area contributed by atoms with Gasteiger partial charge in [0.15, 0.2) is 0 Å². The molecule has 2 atom stereocenters. The van der Waals surface area contributed by atoms with Crippen molar-refractivity contribution in [1.82, 2.24) is 14.7 Å². The Labute approximate surface area is 254 Å². The second-order valence-electron chi connectivity index (χ2n) is 18.2. The number of rotatable bonds is 6. The fourth-order valence-corrected chi connectivity index (χ4v) is 9.21. The van der Waals surface area contributed by atoms with Gasteiger partial charge >= 0.3 is 0 Å². The molecule has 0 aromatic heterocycles. The zero-order valence-corrected chi connectivity index (χ0v) is 29.7. The van der Waals surface area contributed by atoms with Gasteiger partial charge in [-0.2, -0.15) is 0 Å². The lowest BCUT2D eigenvalue weighted by Crippen LogP contribution is -2.61. The highest BCUT2D eigenvalue weighted by atomic mass is 16.6. The summed E-state index contributed by atoms with van der Waals surface area (Å²) in [5, 5.41) is 0. The van der Waals surface area contributed by atoms with Crippen LogP contribution in [0.4, 0.5) is 0 Å². The van der Waals surface area contributed by atoms with Crippen molar-refractivity contribution in [3.05, 3.63) is 0 Å². The van der Waals surface area contributed by atoms with Gasteiger partial charge in [-0.3, -0.25) is 14.7 Å². The molecule has 4 fully saturated rings. The molecule has 3 saturated heterocycles. The fraction of sp³-hybridized carbons (Fsp3) is 1.00. The van der Waals surface area contributed by atoms with Crippen molar-refractivity contribution >= 4 is 0 Å². The summed E-state index contributed by atoms with van der Waals surface area (Å²) in [7, 11) is 6.82. The van der Waals surface area contributed by atoms with Crippen LogP contribution in [0.3, 0.4) is 0 Å². The van der Waals surface area contributed by atoms with E-state index in [1.54, 1.807) is 0 Å². The maximum Gasteiger partial charge on any atom is 0.0866 e. The molecule has 4 rings (SSSR count). The van der Waals surface area contributed by atoms with Crippen LogP contribution in [-0.4, -0.2) is 106 Å². The lowest BCUT2D eigenvalue weighted by Gasteiger charge is -2.54. The highest BCUT2D eigenvalue weighted by molar-refractivity contribution is 5.03. The monoisotopic (exact) mass is 578 g/mol. The highest BCUT2D eigenvalue weighted by Gasteiger charge is 2.50. The van der Waals surface area contributed by atoms with Gasteiger partial charge in [0, 0.05) is 46.1 Å². The van der Waals surface area contributed by atoms with E-state index in [-0.39, 0.29) is 69.9 Å². The Morgan fingerprint density at radius 1 is 0.366 bits per heavy atom. The first-order valence-electron chi connectivity index (χ1n) is 16.6. The third-order valence-electron chi connectivity index (χ3n) is 12.3. The molecule has 0 N–H and O–H groups in total. The molecule has 0 bridgehead atoms. The average molecular weight is 578 g/mol. The molecule has 2 unspecified atom stereocenters. The van der Waals surface area contributed by atoms with Gasteiger partial charge in [-0.25, -0.2) is 0 Å². The van der Waals surface area contributed by atoms with Gasteiger partial charge < -0.3 is 14.2 Å². The second-order valence-corrected chi connectivity index (χ2v) is 18.2. The topological polar surface area (TPSA) is 37.4 Å². The maximum absolute atomic E-state index is 7.12. The van der Waals surface area contributed by atoms with Crippen molar-refractivity contribution in [3.63, 3.8) is 0 Å². The van der Waals surface area contributed by atoms with Gasteiger partial charge in [0.25, 0.3) is 0 Å². The molecule has 6 nitrogen and oxygen atoms in total. The zero-order valence-electron chi connectivity index (χ0n) is 29.7. The molecule has 0 radical (unpaired) electrons. The summed E-state index contributed by atoms with van der Waals surface area (Å²) in [5.41, 5.74) is 0.644. The summed E-state index contributed by atoms with van der Waals surface area (Å²) >= 11 is 0. The smallest absolute Gasteiger partial charge is 0.0866 e. The number of ether oxygens (including phenoxy) is 3. The van der Waals surface area contributed by atoms with E-state index in [1.165, 1.54) is 0 Å². The molecule has 0 spiro atoms. The highest BCUT2D eigenvalue weighted by Crippen LogP contribution is 2.44. The summed E-state index contributed by atoms with van der Waals surface area (Å²) in [6.45, 7) is 28.4. The molecule has 3 aliphatic heterocycles. The van der Waals surface area contributed by atoms with Gasteiger partial charge in [-0.1, -0.05) is 0 Å². The molecule has 6 heteroatoms. The Morgan fingerprint density at radius 2 is 0.585 bits per heavy atom. The second kappa shape index (κ2) is 11.0. The van der Waals surface area contributed by atoms with Crippen molar-refractivity contribution in [2.75, 3.05) is 21.1 Å². The SMILES string of the molecule is CN1C(C)(C)CC(OC2CC(OC3CC(C)(C)N(C)C(C)(C)C3)C(OC3CC(C)(C)N(C)C(C)(C)C3)C2)CC1(C)C. The van der Waals surface area contributed by atoms with Crippen LogP contribution in [0.5, 0.6) is 0 Å². The third-order valence-corrected chi connectivity index (χ3v) is 12.3. The number of hydrogen-bond acceptors (Lipinski definition) is 6. The lowest BCUT2D eigenvalue weighted by atomic mass is 9.78. The molecule has 3 heterocycles. The average Bonchev–Trinajstić information content (AvgIpc) is 3.13. The van der Waals surface area contributed by atoms with E-state index in [2.05, 4.69) is 119 Å². The molecule has 0 amide bonds. The Hall–Kier alpha value is -0.240. The Bertz CT molecular complexity index is 820. The van der Waals surface area contributed by atoms with E-state index in [1.807, 2.05) is 0 Å². The van der Waals surface area contributed by atoms with Crippen LogP contribution in [-0.2, 0) is 14.2 Å².